The summed E-state index contributed by atoms with van der Waals surface area (Å²) in [6, 6.07) is 9.45. The number of aryl methyl sites for hydroxylation is 2. The molecule has 1 atom stereocenters. The Labute approximate surface area is 163 Å². The van der Waals surface area contributed by atoms with Crippen molar-refractivity contribution >= 4 is 22.4 Å². The lowest BCUT2D eigenvalue weighted by Crippen LogP contribution is -2.15. The number of anilines is 1. The van der Waals surface area contributed by atoms with E-state index in [-0.39, 0.29) is 5.91 Å². The molecule has 1 saturated heterocycles. The van der Waals surface area contributed by atoms with Gasteiger partial charge in [-0.15, -0.1) is 0 Å². The number of amides is 1. The average Bonchev–Trinajstić information content (AvgIpc) is 3.22. The van der Waals surface area contributed by atoms with Crippen molar-refractivity contribution in [1.82, 2.24) is 9.97 Å². The van der Waals surface area contributed by atoms with Crippen molar-refractivity contribution < 1.29 is 14.3 Å². The molecule has 1 aliphatic rings. The Hall–Kier alpha value is -2.99. The second-order valence-corrected chi connectivity index (χ2v) is 7.17. The van der Waals surface area contributed by atoms with Gasteiger partial charge in [0.05, 0.1) is 13.2 Å². The van der Waals surface area contributed by atoms with Crippen molar-refractivity contribution in [2.24, 2.45) is 5.92 Å². The molecule has 1 aliphatic heterocycles. The number of rotatable bonds is 5. The molecule has 0 spiro atoms. The Bertz CT molecular complexity index is 1010. The number of hydrogen-bond donors (Lipinski definition) is 1. The number of aromatic nitrogens is 2. The van der Waals surface area contributed by atoms with E-state index in [1.54, 1.807) is 12.4 Å². The molecule has 1 unspecified atom stereocenters. The first kappa shape index (κ1) is 18.4. The second-order valence-electron chi connectivity index (χ2n) is 7.17. The first-order valence-corrected chi connectivity index (χ1v) is 9.44. The summed E-state index contributed by atoms with van der Waals surface area (Å²) in [5.74, 6) is 0.811. The van der Waals surface area contributed by atoms with Crippen LogP contribution in [-0.2, 0) is 4.74 Å². The van der Waals surface area contributed by atoms with Gasteiger partial charge in [-0.1, -0.05) is 6.07 Å². The maximum atomic E-state index is 12.5. The quantitative estimate of drug-likeness (QED) is 0.730. The molecule has 3 aromatic rings. The van der Waals surface area contributed by atoms with Crippen LogP contribution in [0.25, 0.3) is 10.8 Å². The third kappa shape index (κ3) is 3.82. The van der Waals surface area contributed by atoms with E-state index in [2.05, 4.69) is 15.3 Å². The van der Waals surface area contributed by atoms with E-state index >= 15 is 0 Å². The van der Waals surface area contributed by atoms with Crippen LogP contribution in [0.4, 0.5) is 5.69 Å². The minimum absolute atomic E-state index is 0.220. The van der Waals surface area contributed by atoms with Crippen LogP contribution in [0.1, 0.15) is 28.0 Å². The van der Waals surface area contributed by atoms with Gasteiger partial charge in [-0.25, -0.2) is 4.98 Å². The van der Waals surface area contributed by atoms with E-state index in [9.17, 15) is 4.79 Å². The van der Waals surface area contributed by atoms with Crippen molar-refractivity contribution in [3.05, 3.63) is 59.5 Å². The minimum Gasteiger partial charge on any atom is -0.477 e. The molecule has 4 rings (SSSR count). The second kappa shape index (κ2) is 7.94. The van der Waals surface area contributed by atoms with Gasteiger partial charge in [0.25, 0.3) is 5.91 Å². The normalized spacial score (nSPS) is 16.3. The van der Waals surface area contributed by atoms with Gasteiger partial charge < -0.3 is 14.8 Å². The predicted octanol–water partition coefficient (Wildman–Crippen LogP) is 3.91. The largest absolute Gasteiger partial charge is 0.477 e. The number of benzene rings is 1. The van der Waals surface area contributed by atoms with Crippen molar-refractivity contribution in [2.75, 3.05) is 25.1 Å². The number of carbonyl (C=O) groups is 1. The van der Waals surface area contributed by atoms with Crippen LogP contribution in [0, 0.1) is 19.8 Å². The minimum atomic E-state index is -0.220. The summed E-state index contributed by atoms with van der Waals surface area (Å²) >= 11 is 0. The summed E-state index contributed by atoms with van der Waals surface area (Å²) in [5, 5.41) is 4.87. The van der Waals surface area contributed by atoms with Gasteiger partial charge in [-0.05, 0) is 61.0 Å². The molecule has 2 aromatic heterocycles. The Kier molecular flexibility index (Phi) is 5.21. The molecule has 1 N–H and O–H groups in total. The Morgan fingerprint density at radius 3 is 2.89 bits per heavy atom. The predicted molar refractivity (Wildman–Crippen MR) is 108 cm³/mol. The van der Waals surface area contributed by atoms with Crippen molar-refractivity contribution in [1.29, 1.82) is 0 Å². The van der Waals surface area contributed by atoms with Crippen LogP contribution < -0.4 is 10.1 Å². The molecule has 1 fully saturated rings. The highest BCUT2D eigenvalue weighted by Crippen LogP contribution is 2.29. The Balaban J connectivity index is 1.57. The summed E-state index contributed by atoms with van der Waals surface area (Å²) in [6.07, 6.45) is 4.45. The lowest BCUT2D eigenvalue weighted by atomic mass is 10.1. The van der Waals surface area contributed by atoms with E-state index in [1.165, 1.54) is 0 Å². The van der Waals surface area contributed by atoms with Gasteiger partial charge in [0, 0.05) is 36.0 Å². The number of nitrogens with one attached hydrogen (secondary N) is 1. The molecule has 144 valence electrons. The third-order valence-corrected chi connectivity index (χ3v) is 5.01. The number of fused-ring (bicyclic) bond motifs is 1. The van der Waals surface area contributed by atoms with Crippen LogP contribution in [-0.4, -0.2) is 35.7 Å². The molecule has 0 aliphatic carbocycles. The summed E-state index contributed by atoms with van der Waals surface area (Å²) < 4.78 is 11.4. The molecule has 28 heavy (non-hydrogen) atoms. The molecular weight excluding hydrogens is 354 g/mol. The first-order chi connectivity index (χ1) is 13.6. The molecule has 0 bridgehead atoms. The van der Waals surface area contributed by atoms with Gasteiger partial charge in [0.1, 0.15) is 5.69 Å². The number of pyridine rings is 2. The van der Waals surface area contributed by atoms with Crippen molar-refractivity contribution in [3.8, 4) is 5.88 Å². The monoisotopic (exact) mass is 377 g/mol. The van der Waals surface area contributed by atoms with Gasteiger partial charge in [0.15, 0.2) is 0 Å². The van der Waals surface area contributed by atoms with Crippen LogP contribution in [0.15, 0.2) is 42.7 Å². The maximum absolute atomic E-state index is 12.5. The fraction of sp³-hybridized carbons (Fsp3) is 0.318. The van der Waals surface area contributed by atoms with Gasteiger partial charge >= 0.3 is 0 Å². The fourth-order valence-corrected chi connectivity index (χ4v) is 3.37. The summed E-state index contributed by atoms with van der Waals surface area (Å²) in [5.41, 5.74) is 3.01. The zero-order valence-electron chi connectivity index (χ0n) is 16.1. The number of carbonyl (C=O) groups excluding carboxylic acids is 1. The van der Waals surface area contributed by atoms with E-state index < -0.39 is 0 Å². The van der Waals surface area contributed by atoms with Crippen molar-refractivity contribution in [3.63, 3.8) is 0 Å². The van der Waals surface area contributed by atoms with E-state index in [0.29, 0.717) is 29.8 Å². The number of hydrogen-bond acceptors (Lipinski definition) is 5. The fourth-order valence-electron chi connectivity index (χ4n) is 3.37. The lowest BCUT2D eigenvalue weighted by Gasteiger charge is -2.14. The summed E-state index contributed by atoms with van der Waals surface area (Å²) in [6.45, 7) is 6.01. The van der Waals surface area contributed by atoms with Gasteiger partial charge in [0.2, 0.25) is 5.88 Å². The molecule has 0 saturated carbocycles. The van der Waals surface area contributed by atoms with Gasteiger partial charge in [-0.2, -0.15) is 0 Å². The molecule has 6 nitrogen and oxygen atoms in total. The van der Waals surface area contributed by atoms with Crippen LogP contribution in [0.2, 0.25) is 0 Å². The summed E-state index contributed by atoms with van der Waals surface area (Å²) in [4.78, 5) is 21.2. The topological polar surface area (TPSA) is 73.3 Å². The number of nitrogens with zero attached hydrogens (tertiary/aromatic N) is 2. The molecule has 3 heterocycles. The van der Waals surface area contributed by atoms with Crippen LogP contribution in [0.3, 0.4) is 0 Å². The molecule has 1 amide bonds. The van der Waals surface area contributed by atoms with E-state index in [0.717, 1.165) is 41.5 Å². The zero-order chi connectivity index (χ0) is 19.5. The third-order valence-electron chi connectivity index (χ3n) is 5.01. The maximum Gasteiger partial charge on any atom is 0.274 e. The molecule has 1 aromatic carbocycles. The number of ether oxygens (including phenoxy) is 2. The SMILES string of the molecule is Cc1cccnc1C(=O)Nc1ccc2c(OCC3CCOC3)ncc(C)c2c1. The highest BCUT2D eigenvalue weighted by molar-refractivity contribution is 6.05. The van der Waals surface area contributed by atoms with Gasteiger partial charge in [-0.3, -0.25) is 9.78 Å². The molecular formula is C22H23N3O3. The zero-order valence-corrected chi connectivity index (χ0v) is 16.1. The molecule has 0 radical (unpaired) electrons. The highest BCUT2D eigenvalue weighted by Gasteiger charge is 2.18. The smallest absolute Gasteiger partial charge is 0.274 e. The molecule has 6 heteroatoms. The standard InChI is InChI=1S/C22H23N3O3/c1-14-4-3-8-23-20(14)21(26)25-17-5-6-18-19(10-17)15(2)11-24-22(18)28-13-16-7-9-27-12-16/h3-6,8,10-11,16H,7,9,12-13H2,1-2H3,(H,25,26). The Morgan fingerprint density at radius 2 is 2.11 bits per heavy atom. The first-order valence-electron chi connectivity index (χ1n) is 9.44. The lowest BCUT2D eigenvalue weighted by molar-refractivity contribution is 0.102. The Morgan fingerprint density at radius 1 is 1.21 bits per heavy atom. The highest BCUT2D eigenvalue weighted by atomic mass is 16.5. The van der Waals surface area contributed by atoms with Crippen LogP contribution >= 0.6 is 0 Å². The van der Waals surface area contributed by atoms with E-state index in [1.807, 2.05) is 44.2 Å². The summed E-state index contributed by atoms with van der Waals surface area (Å²) in [7, 11) is 0. The van der Waals surface area contributed by atoms with E-state index in [4.69, 9.17) is 9.47 Å². The van der Waals surface area contributed by atoms with Crippen molar-refractivity contribution in [2.45, 2.75) is 20.3 Å². The van der Waals surface area contributed by atoms with Crippen LogP contribution in [0.5, 0.6) is 5.88 Å². The average molecular weight is 377 g/mol.